The molecule has 8 nitrogen and oxygen atoms in total. The first kappa shape index (κ1) is 25.7. The Bertz CT molecular complexity index is 1340. The van der Waals surface area contributed by atoms with Gasteiger partial charge in [0.1, 0.15) is 13.2 Å². The number of hydrogen-bond donors (Lipinski definition) is 1. The number of halogens is 2. The number of nitrogens with zero attached hydrogens (tertiary/aromatic N) is 2. The van der Waals surface area contributed by atoms with Crippen LogP contribution in [0.4, 0.5) is 10.5 Å². The number of thioether (sulfide) groups is 1. The van der Waals surface area contributed by atoms with Crippen LogP contribution in [0.15, 0.2) is 70.2 Å². The lowest BCUT2D eigenvalue weighted by atomic mass is 10.2. The maximum absolute atomic E-state index is 12.9. The number of carbonyl (C=O) groups excluding carboxylic acids is 3. The van der Waals surface area contributed by atoms with E-state index in [0.29, 0.717) is 32.2 Å². The largest absolute Gasteiger partial charge is 0.493 e. The molecule has 0 spiro atoms. The molecule has 0 unspecified atom stereocenters. The van der Waals surface area contributed by atoms with Gasteiger partial charge in [-0.25, -0.2) is 0 Å². The number of amides is 3. The normalized spacial score (nSPS) is 14.3. The Kier molecular flexibility index (Phi) is 8.29. The van der Waals surface area contributed by atoms with E-state index < -0.39 is 23.6 Å². The second-order valence-electron chi connectivity index (χ2n) is 7.47. The second-order valence-corrected chi connectivity index (χ2v) is 9.75. The molecule has 3 amide bonds. The van der Waals surface area contributed by atoms with Crippen LogP contribution in [0.25, 0.3) is 6.08 Å². The van der Waals surface area contributed by atoms with Crippen LogP contribution in [0.5, 0.6) is 11.5 Å². The number of imide groups is 1. The fraction of sp³-hybridized carbons (Fsp3) is 0.120. The standard InChI is InChI=1S/C25H19BrClN3O5S/c1-34-20-11-15(10-19(26)23(20)35-14-18-4-2-3-9-28-18)12-21-24(32)30(25(33)36-21)13-22(31)29-17-7-5-16(27)6-8-17/h2-12H,13-14H2,1H3,(H,29,31)/b21-12+. The van der Waals surface area contributed by atoms with Gasteiger partial charge in [0.2, 0.25) is 5.91 Å². The van der Waals surface area contributed by atoms with Crippen molar-refractivity contribution in [2.75, 3.05) is 19.0 Å². The molecule has 36 heavy (non-hydrogen) atoms. The SMILES string of the molecule is COc1cc(/C=C2/SC(=O)N(CC(=O)Nc3ccc(Cl)cc3)C2=O)cc(Br)c1OCc1ccccn1. The number of methoxy groups -OCH3 is 1. The maximum atomic E-state index is 12.9. The molecule has 1 aromatic heterocycles. The van der Waals surface area contributed by atoms with E-state index in [9.17, 15) is 14.4 Å². The van der Waals surface area contributed by atoms with Crippen molar-refractivity contribution in [1.29, 1.82) is 0 Å². The highest BCUT2D eigenvalue weighted by atomic mass is 79.9. The Morgan fingerprint density at radius 1 is 1.19 bits per heavy atom. The van der Waals surface area contributed by atoms with Gasteiger partial charge in [-0.05, 0) is 87.9 Å². The molecule has 1 fully saturated rings. The summed E-state index contributed by atoms with van der Waals surface area (Å²) in [6.45, 7) is -0.163. The number of ether oxygens (including phenoxy) is 2. The van der Waals surface area contributed by atoms with Crippen molar-refractivity contribution in [2.45, 2.75) is 6.61 Å². The molecule has 4 rings (SSSR count). The number of nitrogens with one attached hydrogen (secondary N) is 1. The number of hydrogen-bond acceptors (Lipinski definition) is 7. The third kappa shape index (κ3) is 6.26. The molecule has 2 heterocycles. The van der Waals surface area contributed by atoms with Crippen LogP contribution < -0.4 is 14.8 Å². The quantitative estimate of drug-likeness (QED) is 0.334. The van der Waals surface area contributed by atoms with Gasteiger partial charge >= 0.3 is 0 Å². The number of anilines is 1. The van der Waals surface area contributed by atoms with E-state index >= 15 is 0 Å². The third-order valence-corrected chi connectivity index (χ3v) is 6.69. The lowest BCUT2D eigenvalue weighted by Crippen LogP contribution is -2.36. The summed E-state index contributed by atoms with van der Waals surface area (Å²) in [6, 6.07) is 15.5. The molecule has 184 valence electrons. The van der Waals surface area contributed by atoms with E-state index in [0.717, 1.165) is 22.4 Å². The molecule has 0 saturated carbocycles. The van der Waals surface area contributed by atoms with Crippen molar-refractivity contribution in [1.82, 2.24) is 9.88 Å². The van der Waals surface area contributed by atoms with Crippen LogP contribution in [-0.4, -0.2) is 40.6 Å². The fourth-order valence-corrected chi connectivity index (χ4v) is 4.80. The Hall–Kier alpha value is -3.34. The van der Waals surface area contributed by atoms with E-state index in [4.69, 9.17) is 21.1 Å². The highest BCUT2D eigenvalue weighted by molar-refractivity contribution is 9.10. The number of carbonyl (C=O) groups is 3. The van der Waals surface area contributed by atoms with Gasteiger partial charge in [-0.3, -0.25) is 24.3 Å². The summed E-state index contributed by atoms with van der Waals surface area (Å²) in [5.41, 5.74) is 1.87. The molecule has 1 aliphatic heterocycles. The number of aromatic nitrogens is 1. The van der Waals surface area contributed by atoms with Gasteiger partial charge in [0.05, 0.1) is 22.2 Å². The van der Waals surface area contributed by atoms with E-state index in [-0.39, 0.29) is 11.5 Å². The van der Waals surface area contributed by atoms with E-state index in [1.54, 1.807) is 48.7 Å². The average molecular weight is 589 g/mol. The van der Waals surface area contributed by atoms with Gasteiger partial charge in [0.15, 0.2) is 11.5 Å². The van der Waals surface area contributed by atoms with Crippen molar-refractivity contribution < 1.29 is 23.9 Å². The van der Waals surface area contributed by atoms with Gasteiger partial charge in [-0.2, -0.15) is 0 Å². The Morgan fingerprint density at radius 3 is 2.67 bits per heavy atom. The van der Waals surface area contributed by atoms with Crippen LogP contribution in [0, 0.1) is 0 Å². The summed E-state index contributed by atoms with van der Waals surface area (Å²) in [5, 5.41) is 2.64. The first-order valence-corrected chi connectivity index (χ1v) is 12.5. The first-order chi connectivity index (χ1) is 17.3. The van der Waals surface area contributed by atoms with Gasteiger partial charge in [0, 0.05) is 16.9 Å². The summed E-state index contributed by atoms with van der Waals surface area (Å²) in [7, 11) is 1.51. The van der Waals surface area contributed by atoms with E-state index in [1.165, 1.54) is 7.11 Å². The van der Waals surface area contributed by atoms with E-state index in [2.05, 4.69) is 26.2 Å². The fourth-order valence-electron chi connectivity index (χ4n) is 3.26. The predicted octanol–water partition coefficient (Wildman–Crippen LogP) is 5.76. The molecular formula is C25H19BrClN3O5S. The van der Waals surface area contributed by atoms with Gasteiger partial charge < -0.3 is 14.8 Å². The summed E-state index contributed by atoms with van der Waals surface area (Å²) in [4.78, 5) is 43.0. The molecule has 1 saturated heterocycles. The number of benzene rings is 2. The second kappa shape index (κ2) is 11.6. The molecule has 3 aromatic rings. The van der Waals surface area contributed by atoms with Crippen LogP contribution in [0.3, 0.4) is 0 Å². The van der Waals surface area contributed by atoms with Crippen molar-refractivity contribution >= 4 is 68.1 Å². The zero-order chi connectivity index (χ0) is 25.7. The van der Waals surface area contributed by atoms with Crippen molar-refractivity contribution in [3.05, 3.63) is 86.5 Å². The monoisotopic (exact) mass is 587 g/mol. The smallest absolute Gasteiger partial charge is 0.294 e. The lowest BCUT2D eigenvalue weighted by Gasteiger charge is -2.14. The lowest BCUT2D eigenvalue weighted by molar-refractivity contribution is -0.127. The zero-order valence-corrected chi connectivity index (χ0v) is 22.0. The van der Waals surface area contributed by atoms with Gasteiger partial charge in [0.25, 0.3) is 11.1 Å². The minimum absolute atomic E-state index is 0.190. The highest BCUT2D eigenvalue weighted by Gasteiger charge is 2.36. The molecule has 0 aliphatic carbocycles. The Morgan fingerprint density at radius 2 is 1.97 bits per heavy atom. The van der Waals surface area contributed by atoms with Crippen LogP contribution in [0.2, 0.25) is 5.02 Å². The van der Waals surface area contributed by atoms with Crippen LogP contribution in [-0.2, 0) is 16.2 Å². The zero-order valence-electron chi connectivity index (χ0n) is 18.9. The molecular weight excluding hydrogens is 570 g/mol. The van der Waals surface area contributed by atoms with Crippen LogP contribution >= 0.6 is 39.3 Å². The van der Waals surface area contributed by atoms with Gasteiger partial charge in [-0.1, -0.05) is 17.7 Å². The summed E-state index contributed by atoms with van der Waals surface area (Å²) >= 11 is 10.1. The van der Waals surface area contributed by atoms with Crippen molar-refractivity contribution in [3.63, 3.8) is 0 Å². The molecule has 2 aromatic carbocycles. The first-order valence-electron chi connectivity index (χ1n) is 10.5. The highest BCUT2D eigenvalue weighted by Crippen LogP contribution is 2.39. The van der Waals surface area contributed by atoms with Gasteiger partial charge in [-0.15, -0.1) is 0 Å². The predicted molar refractivity (Wildman–Crippen MR) is 142 cm³/mol. The summed E-state index contributed by atoms with van der Waals surface area (Å²) in [5.74, 6) is -0.137. The summed E-state index contributed by atoms with van der Waals surface area (Å²) in [6.07, 6.45) is 3.25. The third-order valence-electron chi connectivity index (χ3n) is 4.94. The molecule has 0 radical (unpaired) electrons. The minimum atomic E-state index is -0.554. The topological polar surface area (TPSA) is 97.8 Å². The van der Waals surface area contributed by atoms with Crippen molar-refractivity contribution in [2.24, 2.45) is 0 Å². The number of rotatable bonds is 8. The molecule has 0 bridgehead atoms. The average Bonchev–Trinajstić information content (AvgIpc) is 3.12. The van der Waals surface area contributed by atoms with Crippen molar-refractivity contribution in [3.8, 4) is 11.5 Å². The molecule has 1 aliphatic rings. The molecule has 1 N–H and O–H groups in total. The maximum Gasteiger partial charge on any atom is 0.294 e. The molecule has 0 atom stereocenters. The van der Waals surface area contributed by atoms with Crippen LogP contribution in [0.1, 0.15) is 11.3 Å². The molecule has 11 heteroatoms. The van der Waals surface area contributed by atoms with E-state index in [1.807, 2.05) is 18.2 Å². The number of pyridine rings is 1. The Labute approximate surface area is 224 Å². The summed E-state index contributed by atoms with van der Waals surface area (Å²) < 4.78 is 12.0. The minimum Gasteiger partial charge on any atom is -0.493 e. The Balaban J connectivity index is 1.46.